The van der Waals surface area contributed by atoms with E-state index in [1.807, 2.05) is 4.72 Å². The van der Waals surface area contributed by atoms with E-state index in [1.54, 1.807) is 6.92 Å². The Morgan fingerprint density at radius 3 is 2.05 bits per heavy atom. The number of rotatable bonds is 7. The monoisotopic (exact) mass is 335 g/mol. The van der Waals surface area contributed by atoms with Crippen LogP contribution >= 0.6 is 0 Å². The first-order chi connectivity index (χ1) is 9.60. The van der Waals surface area contributed by atoms with E-state index in [0.29, 0.717) is 6.42 Å². The maximum absolute atomic E-state index is 11.9. The summed E-state index contributed by atoms with van der Waals surface area (Å²) >= 11 is 0. The fraction of sp³-hybridized carbons (Fsp3) is 0.417. The second-order valence-corrected chi connectivity index (χ2v) is 8.29. The van der Waals surface area contributed by atoms with Gasteiger partial charge in [0.2, 0.25) is 10.0 Å². The van der Waals surface area contributed by atoms with Crippen molar-refractivity contribution in [1.29, 1.82) is 0 Å². The van der Waals surface area contributed by atoms with E-state index in [-0.39, 0.29) is 15.5 Å². The summed E-state index contributed by atoms with van der Waals surface area (Å²) in [4.78, 5) is 10.5. The van der Waals surface area contributed by atoms with Crippen molar-refractivity contribution in [3.05, 3.63) is 24.3 Å². The van der Waals surface area contributed by atoms with E-state index >= 15 is 0 Å². The number of carboxylic acids is 1. The zero-order valence-corrected chi connectivity index (χ0v) is 13.2. The van der Waals surface area contributed by atoms with E-state index in [4.69, 9.17) is 5.11 Å². The molecule has 9 heteroatoms. The highest BCUT2D eigenvalue weighted by Gasteiger charge is 2.22. The van der Waals surface area contributed by atoms with Crippen LogP contribution in [0.25, 0.3) is 0 Å². The number of benzene rings is 1. The lowest BCUT2D eigenvalue weighted by Gasteiger charge is -2.10. The summed E-state index contributed by atoms with van der Waals surface area (Å²) < 4.78 is 49.4. The van der Waals surface area contributed by atoms with E-state index < -0.39 is 31.9 Å². The van der Waals surface area contributed by atoms with Crippen molar-refractivity contribution in [1.82, 2.24) is 4.72 Å². The predicted octanol–water partition coefficient (Wildman–Crippen LogP) is 0.622. The highest BCUT2D eigenvalue weighted by Crippen LogP contribution is 2.16. The molecular weight excluding hydrogens is 318 g/mol. The van der Waals surface area contributed by atoms with Crippen LogP contribution in [-0.4, -0.2) is 39.7 Å². The highest BCUT2D eigenvalue weighted by molar-refractivity contribution is 7.91. The third kappa shape index (κ3) is 4.51. The standard InChI is InChI=1S/C12H17NO6S2/c1-3-8-20(16,17)10-4-6-11(7-5-10)21(18,19)13-9(2)12(14)15/h4-7,9,13H,3,8H2,1-2H3,(H,14,15). The number of carboxylic acid groups (broad SMARTS) is 1. The van der Waals surface area contributed by atoms with Crippen LogP contribution in [0.15, 0.2) is 34.1 Å². The van der Waals surface area contributed by atoms with Gasteiger partial charge in [-0.2, -0.15) is 4.72 Å². The van der Waals surface area contributed by atoms with Gasteiger partial charge in [0.25, 0.3) is 0 Å². The van der Waals surface area contributed by atoms with Crippen LogP contribution in [0.4, 0.5) is 0 Å². The lowest BCUT2D eigenvalue weighted by molar-refractivity contribution is -0.138. The van der Waals surface area contributed by atoms with Gasteiger partial charge >= 0.3 is 5.97 Å². The summed E-state index contributed by atoms with van der Waals surface area (Å²) in [5, 5.41) is 8.70. The molecule has 1 atom stereocenters. The molecule has 0 spiro atoms. The van der Waals surface area contributed by atoms with E-state index in [2.05, 4.69) is 0 Å². The van der Waals surface area contributed by atoms with Gasteiger partial charge in [-0.25, -0.2) is 16.8 Å². The molecular formula is C12H17NO6S2. The molecule has 0 aliphatic heterocycles. The third-order valence-electron chi connectivity index (χ3n) is 2.67. The number of nitrogens with one attached hydrogen (secondary N) is 1. The smallest absolute Gasteiger partial charge is 0.321 e. The molecule has 7 nitrogen and oxygen atoms in total. The van der Waals surface area contributed by atoms with Gasteiger partial charge in [0.05, 0.1) is 15.5 Å². The minimum absolute atomic E-state index is 0.0204. The number of aliphatic carboxylic acids is 1. The lowest BCUT2D eigenvalue weighted by Crippen LogP contribution is -2.38. The number of sulfone groups is 1. The molecule has 1 aromatic rings. The van der Waals surface area contributed by atoms with Crippen LogP contribution < -0.4 is 4.72 Å². The highest BCUT2D eigenvalue weighted by atomic mass is 32.2. The molecule has 0 saturated heterocycles. The molecule has 0 aliphatic rings. The van der Waals surface area contributed by atoms with Crippen molar-refractivity contribution < 1.29 is 26.7 Å². The Morgan fingerprint density at radius 1 is 1.14 bits per heavy atom. The van der Waals surface area contributed by atoms with Gasteiger partial charge in [0.1, 0.15) is 6.04 Å². The molecule has 0 aliphatic carbocycles. The predicted molar refractivity (Wildman–Crippen MR) is 76.2 cm³/mol. The Morgan fingerprint density at radius 2 is 1.62 bits per heavy atom. The Hall–Kier alpha value is -1.45. The summed E-state index contributed by atoms with van der Waals surface area (Å²) in [6.07, 6.45) is 0.458. The molecule has 118 valence electrons. The van der Waals surface area contributed by atoms with Crippen LogP contribution in [0.2, 0.25) is 0 Å². The van der Waals surface area contributed by atoms with Crippen LogP contribution in [0.3, 0.4) is 0 Å². The molecule has 1 rings (SSSR count). The average molecular weight is 335 g/mol. The fourth-order valence-electron chi connectivity index (χ4n) is 1.56. The zero-order valence-electron chi connectivity index (χ0n) is 11.6. The Labute approximate surface area is 124 Å². The molecule has 0 aromatic heterocycles. The Balaban J connectivity index is 3.05. The summed E-state index contributed by atoms with van der Waals surface area (Å²) in [6, 6.07) is 3.40. The van der Waals surface area contributed by atoms with Crippen LogP contribution in [0.5, 0.6) is 0 Å². The van der Waals surface area contributed by atoms with Crippen molar-refractivity contribution >= 4 is 25.8 Å². The molecule has 1 unspecified atom stereocenters. The molecule has 2 N–H and O–H groups in total. The second-order valence-electron chi connectivity index (χ2n) is 4.47. The zero-order chi connectivity index (χ0) is 16.3. The normalized spacial score (nSPS) is 13.8. The lowest BCUT2D eigenvalue weighted by atomic mass is 10.4. The first kappa shape index (κ1) is 17.6. The SMILES string of the molecule is CCCS(=O)(=O)c1ccc(S(=O)(=O)NC(C)C(=O)O)cc1. The number of carbonyl (C=O) groups is 1. The number of hydrogen-bond donors (Lipinski definition) is 2. The van der Waals surface area contributed by atoms with Gasteiger partial charge < -0.3 is 5.11 Å². The summed E-state index contributed by atoms with van der Waals surface area (Å²) in [6.45, 7) is 2.92. The largest absolute Gasteiger partial charge is 0.480 e. The Kier molecular flexibility index (Phi) is 5.48. The molecule has 0 bridgehead atoms. The van der Waals surface area contributed by atoms with E-state index in [0.717, 1.165) is 12.1 Å². The summed E-state index contributed by atoms with van der Waals surface area (Å²) in [5.74, 6) is -1.33. The second kappa shape index (κ2) is 6.54. The van der Waals surface area contributed by atoms with Gasteiger partial charge in [-0.1, -0.05) is 6.92 Å². The van der Waals surface area contributed by atoms with E-state index in [9.17, 15) is 21.6 Å². The van der Waals surface area contributed by atoms with Gasteiger partial charge in [-0.3, -0.25) is 4.79 Å². The molecule has 0 saturated carbocycles. The summed E-state index contributed by atoms with van der Waals surface area (Å²) in [5.41, 5.74) is 0. The first-order valence-electron chi connectivity index (χ1n) is 6.18. The third-order valence-corrected chi connectivity index (χ3v) is 6.16. The fourth-order valence-corrected chi connectivity index (χ4v) is 4.08. The molecule has 1 aromatic carbocycles. The first-order valence-corrected chi connectivity index (χ1v) is 9.31. The quantitative estimate of drug-likeness (QED) is 0.754. The van der Waals surface area contributed by atoms with Gasteiger partial charge in [-0.15, -0.1) is 0 Å². The van der Waals surface area contributed by atoms with Gasteiger partial charge in [-0.05, 0) is 37.6 Å². The number of sulfonamides is 1. The van der Waals surface area contributed by atoms with Gasteiger partial charge in [0.15, 0.2) is 9.84 Å². The average Bonchev–Trinajstić information content (AvgIpc) is 2.38. The van der Waals surface area contributed by atoms with Gasteiger partial charge in [0, 0.05) is 0 Å². The number of hydrogen-bond acceptors (Lipinski definition) is 5. The van der Waals surface area contributed by atoms with Crippen molar-refractivity contribution in [3.8, 4) is 0 Å². The van der Waals surface area contributed by atoms with Crippen LogP contribution in [0.1, 0.15) is 20.3 Å². The minimum Gasteiger partial charge on any atom is -0.480 e. The molecule has 0 heterocycles. The Bertz CT molecular complexity index is 707. The topological polar surface area (TPSA) is 118 Å². The summed E-state index contributed by atoms with van der Waals surface area (Å²) in [7, 11) is -7.42. The van der Waals surface area contributed by atoms with Crippen molar-refractivity contribution in [2.45, 2.75) is 36.1 Å². The van der Waals surface area contributed by atoms with Crippen LogP contribution in [-0.2, 0) is 24.7 Å². The van der Waals surface area contributed by atoms with Crippen LogP contribution in [0, 0.1) is 0 Å². The molecule has 21 heavy (non-hydrogen) atoms. The van der Waals surface area contributed by atoms with Crippen molar-refractivity contribution in [2.75, 3.05) is 5.75 Å². The van der Waals surface area contributed by atoms with Crippen molar-refractivity contribution in [3.63, 3.8) is 0 Å². The minimum atomic E-state index is -4.00. The van der Waals surface area contributed by atoms with Crippen molar-refractivity contribution in [2.24, 2.45) is 0 Å². The van der Waals surface area contributed by atoms with E-state index in [1.165, 1.54) is 19.1 Å². The molecule has 0 amide bonds. The molecule has 0 radical (unpaired) electrons. The maximum atomic E-state index is 11.9. The molecule has 0 fully saturated rings. The maximum Gasteiger partial charge on any atom is 0.321 e.